The number of nitrogens with one attached hydrogen (secondary N) is 1. The van der Waals surface area contributed by atoms with Gasteiger partial charge in [0.1, 0.15) is 0 Å². The molecule has 3 aromatic rings. The lowest BCUT2D eigenvalue weighted by molar-refractivity contribution is -0.119. The quantitative estimate of drug-likeness (QED) is 0.696. The van der Waals surface area contributed by atoms with E-state index >= 15 is 0 Å². The van der Waals surface area contributed by atoms with Crippen LogP contribution in [0.1, 0.15) is 5.56 Å². The Labute approximate surface area is 159 Å². The molecule has 140 valence electrons. The molecule has 5 heteroatoms. The molecule has 27 heavy (non-hydrogen) atoms. The van der Waals surface area contributed by atoms with Gasteiger partial charge in [-0.15, -0.1) is 0 Å². The molecule has 1 amide bonds. The fraction of sp³-hybridized carbons (Fsp3) is 0.227. The third-order valence-electron chi connectivity index (χ3n) is 4.49. The fourth-order valence-corrected chi connectivity index (χ4v) is 2.97. The molecule has 0 fully saturated rings. The molecule has 1 N–H and O–H groups in total. The van der Waals surface area contributed by atoms with E-state index in [1.165, 1.54) is 5.39 Å². The first-order chi connectivity index (χ1) is 13.1. The van der Waals surface area contributed by atoms with Gasteiger partial charge in [0.15, 0.2) is 11.5 Å². The Bertz CT molecular complexity index is 940. The monoisotopic (exact) mass is 364 g/mol. The smallest absolute Gasteiger partial charge is 0.239 e. The van der Waals surface area contributed by atoms with Crippen LogP contribution in [0, 0.1) is 0 Å². The second-order valence-electron chi connectivity index (χ2n) is 6.35. The van der Waals surface area contributed by atoms with E-state index < -0.39 is 0 Å². The summed E-state index contributed by atoms with van der Waals surface area (Å²) in [6.45, 7) is 0.719. The van der Waals surface area contributed by atoms with Crippen molar-refractivity contribution in [2.45, 2.75) is 6.54 Å². The number of likely N-dealkylation sites (N-methyl/N-ethyl adjacent to an activating group) is 1. The summed E-state index contributed by atoms with van der Waals surface area (Å²) in [5.41, 5.74) is 1.96. The van der Waals surface area contributed by atoms with Gasteiger partial charge in [-0.3, -0.25) is 4.79 Å². The van der Waals surface area contributed by atoms with Crippen LogP contribution in [0.3, 0.4) is 0 Å². The minimum atomic E-state index is -0.0413. The number of hydrogen-bond donors (Lipinski definition) is 1. The van der Waals surface area contributed by atoms with Crippen LogP contribution in [-0.4, -0.2) is 33.7 Å². The summed E-state index contributed by atoms with van der Waals surface area (Å²) in [6, 6.07) is 20.0. The van der Waals surface area contributed by atoms with Crippen molar-refractivity contribution in [3.8, 4) is 11.5 Å². The average molecular weight is 364 g/mol. The molecule has 0 unspecified atom stereocenters. The molecule has 0 bridgehead atoms. The fourth-order valence-electron chi connectivity index (χ4n) is 2.97. The molecule has 5 nitrogen and oxygen atoms in total. The lowest BCUT2D eigenvalue weighted by atomic mass is 10.1. The van der Waals surface area contributed by atoms with Gasteiger partial charge >= 0.3 is 0 Å². The van der Waals surface area contributed by atoms with Gasteiger partial charge in [-0.25, -0.2) is 0 Å². The van der Waals surface area contributed by atoms with Crippen molar-refractivity contribution < 1.29 is 14.3 Å². The number of nitrogens with zero attached hydrogens (tertiary/aromatic N) is 1. The van der Waals surface area contributed by atoms with Gasteiger partial charge in [-0.1, -0.05) is 36.4 Å². The van der Waals surface area contributed by atoms with Gasteiger partial charge in [0.05, 0.1) is 20.8 Å². The Morgan fingerprint density at radius 1 is 0.926 bits per heavy atom. The van der Waals surface area contributed by atoms with Gasteiger partial charge in [0.2, 0.25) is 5.91 Å². The van der Waals surface area contributed by atoms with E-state index in [2.05, 4.69) is 29.6 Å². The molecule has 0 saturated carbocycles. The summed E-state index contributed by atoms with van der Waals surface area (Å²) in [4.78, 5) is 14.3. The van der Waals surface area contributed by atoms with E-state index in [0.29, 0.717) is 18.0 Å². The third-order valence-corrected chi connectivity index (χ3v) is 4.49. The first-order valence-electron chi connectivity index (χ1n) is 8.78. The zero-order valence-electron chi connectivity index (χ0n) is 15.9. The highest BCUT2D eigenvalue weighted by atomic mass is 16.5. The predicted octanol–water partition coefficient (Wildman–Crippen LogP) is 3.61. The maximum absolute atomic E-state index is 12.3. The van der Waals surface area contributed by atoms with Crippen molar-refractivity contribution in [2.75, 3.05) is 32.7 Å². The molecule has 0 radical (unpaired) electrons. The molecule has 0 aromatic heterocycles. The summed E-state index contributed by atoms with van der Waals surface area (Å²) >= 11 is 0. The van der Waals surface area contributed by atoms with Crippen molar-refractivity contribution in [3.63, 3.8) is 0 Å². The molecular formula is C22H24N2O3. The van der Waals surface area contributed by atoms with Crippen LogP contribution in [0.2, 0.25) is 0 Å². The molecule has 0 spiro atoms. The van der Waals surface area contributed by atoms with E-state index in [-0.39, 0.29) is 12.5 Å². The number of carbonyl (C=O) groups is 1. The average Bonchev–Trinajstić information content (AvgIpc) is 2.71. The molecule has 0 aliphatic rings. The summed E-state index contributed by atoms with van der Waals surface area (Å²) in [5.74, 6) is 1.28. The second-order valence-corrected chi connectivity index (χ2v) is 6.35. The maximum Gasteiger partial charge on any atom is 0.239 e. The Hall–Kier alpha value is -3.21. The highest BCUT2D eigenvalue weighted by Gasteiger charge is 2.09. The zero-order valence-corrected chi connectivity index (χ0v) is 15.9. The van der Waals surface area contributed by atoms with E-state index in [0.717, 1.165) is 16.6 Å². The van der Waals surface area contributed by atoms with Crippen LogP contribution in [0.25, 0.3) is 10.8 Å². The van der Waals surface area contributed by atoms with Crippen LogP contribution in [0.15, 0.2) is 60.7 Å². The normalized spacial score (nSPS) is 10.5. The molecule has 0 aliphatic heterocycles. The Morgan fingerprint density at radius 2 is 1.67 bits per heavy atom. The zero-order chi connectivity index (χ0) is 19.2. The van der Waals surface area contributed by atoms with Gasteiger partial charge in [-0.05, 0) is 40.6 Å². The van der Waals surface area contributed by atoms with Crippen LogP contribution in [0.4, 0.5) is 5.69 Å². The van der Waals surface area contributed by atoms with E-state index in [9.17, 15) is 4.79 Å². The number of fused-ring (bicyclic) bond motifs is 1. The number of rotatable bonds is 7. The molecule has 0 heterocycles. The highest BCUT2D eigenvalue weighted by Crippen LogP contribution is 2.27. The lowest BCUT2D eigenvalue weighted by Crippen LogP contribution is -2.34. The Balaban J connectivity index is 1.59. The molecule has 0 aliphatic carbocycles. The number of hydrogen-bond acceptors (Lipinski definition) is 4. The number of amides is 1. The highest BCUT2D eigenvalue weighted by molar-refractivity contribution is 5.87. The molecule has 0 atom stereocenters. The third kappa shape index (κ3) is 4.50. The largest absolute Gasteiger partial charge is 0.493 e. The maximum atomic E-state index is 12.3. The van der Waals surface area contributed by atoms with Crippen molar-refractivity contribution in [1.82, 2.24) is 5.32 Å². The van der Waals surface area contributed by atoms with E-state index in [1.807, 2.05) is 48.3 Å². The lowest BCUT2D eigenvalue weighted by Gasteiger charge is -2.19. The number of ether oxygens (including phenoxy) is 2. The van der Waals surface area contributed by atoms with Gasteiger partial charge < -0.3 is 19.7 Å². The molecule has 0 saturated heterocycles. The Morgan fingerprint density at radius 3 is 2.41 bits per heavy atom. The van der Waals surface area contributed by atoms with Crippen molar-refractivity contribution in [1.29, 1.82) is 0 Å². The van der Waals surface area contributed by atoms with E-state index in [1.54, 1.807) is 14.2 Å². The molecule has 3 aromatic carbocycles. The predicted molar refractivity (Wildman–Crippen MR) is 109 cm³/mol. The number of methoxy groups -OCH3 is 2. The minimum Gasteiger partial charge on any atom is -0.493 e. The summed E-state index contributed by atoms with van der Waals surface area (Å²) in [6.07, 6.45) is 0. The second kappa shape index (κ2) is 8.45. The summed E-state index contributed by atoms with van der Waals surface area (Å²) < 4.78 is 10.5. The van der Waals surface area contributed by atoms with Crippen molar-refractivity contribution >= 4 is 22.4 Å². The Kier molecular flexibility index (Phi) is 5.81. The molecular weight excluding hydrogens is 340 g/mol. The number of benzene rings is 3. The SMILES string of the molecule is COc1ccc(CNC(=O)CN(C)c2ccc3ccccc3c2)cc1OC. The number of anilines is 1. The van der Waals surface area contributed by atoms with Crippen LogP contribution >= 0.6 is 0 Å². The first-order valence-corrected chi connectivity index (χ1v) is 8.78. The summed E-state index contributed by atoms with van der Waals surface area (Å²) in [5, 5.41) is 5.30. The van der Waals surface area contributed by atoms with Crippen LogP contribution < -0.4 is 19.7 Å². The van der Waals surface area contributed by atoms with Gasteiger partial charge in [0.25, 0.3) is 0 Å². The van der Waals surface area contributed by atoms with Crippen molar-refractivity contribution in [2.24, 2.45) is 0 Å². The van der Waals surface area contributed by atoms with Gasteiger partial charge in [0, 0.05) is 19.3 Å². The van der Waals surface area contributed by atoms with Crippen LogP contribution in [0.5, 0.6) is 11.5 Å². The topological polar surface area (TPSA) is 50.8 Å². The standard InChI is InChI=1S/C22H24N2O3/c1-24(19-10-9-17-6-4-5-7-18(17)13-19)15-22(25)23-14-16-8-11-20(26-2)21(12-16)27-3/h4-13H,14-15H2,1-3H3,(H,23,25). The van der Waals surface area contributed by atoms with Crippen LogP contribution in [-0.2, 0) is 11.3 Å². The number of carbonyl (C=O) groups excluding carboxylic acids is 1. The van der Waals surface area contributed by atoms with Gasteiger partial charge in [-0.2, -0.15) is 0 Å². The minimum absolute atomic E-state index is 0.0413. The van der Waals surface area contributed by atoms with E-state index in [4.69, 9.17) is 9.47 Å². The molecule has 3 rings (SSSR count). The first kappa shape index (κ1) is 18.6. The summed E-state index contributed by atoms with van der Waals surface area (Å²) in [7, 11) is 5.11. The van der Waals surface area contributed by atoms with Crippen molar-refractivity contribution in [3.05, 3.63) is 66.2 Å².